The molecule has 0 spiro atoms. The van der Waals surface area contributed by atoms with Gasteiger partial charge in [0.25, 0.3) is 60.1 Å². The topological polar surface area (TPSA) is 361 Å². The van der Waals surface area contributed by atoms with E-state index in [-0.39, 0.29) is 44.5 Å². The molecule has 0 atom stereocenters. The van der Waals surface area contributed by atoms with Crippen molar-refractivity contribution in [2.75, 3.05) is 39.3 Å². The Morgan fingerprint density at radius 3 is 0.487 bits per heavy atom. The average Bonchev–Trinajstić information content (AvgIpc) is 3.45. The van der Waals surface area contributed by atoms with Crippen LogP contribution < -0.4 is 0 Å². The average molecular weight is 1140 g/mol. The van der Waals surface area contributed by atoms with Gasteiger partial charge in [-0.2, -0.15) is 31.6 Å². The Morgan fingerprint density at radius 1 is 0.237 bits per heavy atom. The monoisotopic (exact) mass is 1140 g/mol. The molecule has 0 aliphatic heterocycles. The first-order valence-electron chi connectivity index (χ1n) is 21.5. The van der Waals surface area contributed by atoms with Crippen LogP contribution >= 0.6 is 0 Å². The summed E-state index contributed by atoms with van der Waals surface area (Å²) in [7, 11) is -31.3. The minimum absolute atomic E-state index is 0.0143. The van der Waals surface area contributed by atoms with Gasteiger partial charge in [0.1, 0.15) is 0 Å². The molecule has 28 heteroatoms. The van der Waals surface area contributed by atoms with Gasteiger partial charge in [-0.05, 0) is 146 Å². The van der Waals surface area contributed by atoms with Gasteiger partial charge in [-0.1, -0.05) is 11.1 Å². The van der Waals surface area contributed by atoms with E-state index in [4.69, 9.17) is 0 Å². The van der Waals surface area contributed by atoms with E-state index in [0.29, 0.717) is 0 Å². The largest absolute Gasteiger partial charge is 0.299 e. The van der Waals surface area contributed by atoms with Crippen molar-refractivity contribution in [3.05, 3.63) is 179 Å². The number of hydrogen-bond acceptors (Lipinski definition) is 19. The fourth-order valence-corrected chi connectivity index (χ4v) is 17.9. The van der Waals surface area contributed by atoms with Gasteiger partial charge in [-0.3, -0.25) is 4.90 Å². The van der Waals surface area contributed by atoms with Crippen molar-refractivity contribution in [1.82, 2.24) is 16.0 Å². The van der Waals surface area contributed by atoms with Gasteiger partial charge in [0.15, 0.2) is 0 Å². The zero-order valence-electron chi connectivity index (χ0n) is 38.9. The lowest BCUT2D eigenvalue weighted by Crippen LogP contribution is -2.48. The summed E-state index contributed by atoms with van der Waals surface area (Å²) in [4.78, 5) is -2.95. The molecule has 6 rings (SSSR count). The molecule has 0 aliphatic rings. The second-order valence-electron chi connectivity index (χ2n) is 15.7. The summed E-state index contributed by atoms with van der Waals surface area (Å²) in [6, 6.07) is 35.1. The molecule has 22 nitrogen and oxygen atoms in total. The molecule has 0 saturated heterocycles. The van der Waals surface area contributed by atoms with Crippen LogP contribution in [0.1, 0.15) is 33.4 Å². The summed E-state index contributed by atoms with van der Waals surface area (Å²) in [5, 5.41) is 56.4. The molecule has 0 bridgehead atoms. The molecule has 0 heterocycles. The highest BCUT2D eigenvalue weighted by atomic mass is 32.3. The lowest BCUT2D eigenvalue weighted by atomic mass is 10.2. The van der Waals surface area contributed by atoms with E-state index in [0.717, 1.165) is 150 Å². The molecule has 0 N–H and O–H groups in total. The zero-order valence-corrected chi connectivity index (χ0v) is 43.8. The number of hydrogen-bond donors (Lipinski definition) is 0. The standard InChI is InChI=1S/C48H36N10O12S6/c49-31-37-1-13-43(14-2-37)71(59,60)56(72(61,62)44-15-3-38(32-50)4-16-44)28-25-55(26-29-57(73(63,64)45-17-5-39(33-51)6-18-45)74(65,66)46-19-7-40(34-52)8-20-46)27-30-58(75(67,68)47-21-9-41(35-53)10-22-47)76(69,70)48-23-11-42(36-54)12-24-48/h1-24H,25-30H2. The second-order valence-corrected chi connectivity index (χ2v) is 27.5. The van der Waals surface area contributed by atoms with Crippen LogP contribution in [0.15, 0.2) is 175 Å². The predicted molar refractivity (Wildman–Crippen MR) is 267 cm³/mol. The first-order valence-corrected chi connectivity index (χ1v) is 30.1. The van der Waals surface area contributed by atoms with Gasteiger partial charge in [0, 0.05) is 39.3 Å². The molecule has 0 saturated carbocycles. The van der Waals surface area contributed by atoms with Gasteiger partial charge in [-0.15, -0.1) is 0 Å². The maximum Gasteiger partial charge on any atom is 0.256 e. The number of rotatable bonds is 21. The lowest BCUT2D eigenvalue weighted by Gasteiger charge is -2.31. The number of nitriles is 6. The molecular weight excluding hydrogens is 1100 g/mol. The van der Waals surface area contributed by atoms with Crippen molar-refractivity contribution in [3.63, 3.8) is 0 Å². The smallest absolute Gasteiger partial charge is 0.256 e. The van der Waals surface area contributed by atoms with Crippen molar-refractivity contribution >= 4 is 60.1 Å². The number of benzene rings is 6. The van der Waals surface area contributed by atoms with Crippen LogP contribution in [-0.2, 0) is 60.1 Å². The first-order chi connectivity index (χ1) is 35.9. The van der Waals surface area contributed by atoms with Crippen molar-refractivity contribution < 1.29 is 50.5 Å². The molecule has 0 amide bonds. The summed E-state index contributed by atoms with van der Waals surface area (Å²) in [6.45, 7) is -6.06. The third-order valence-corrected chi connectivity index (χ3v) is 24.1. The van der Waals surface area contributed by atoms with E-state index in [9.17, 15) is 82.1 Å². The van der Waals surface area contributed by atoms with Crippen LogP contribution in [0.25, 0.3) is 0 Å². The fourth-order valence-electron chi connectivity index (χ4n) is 7.03. The van der Waals surface area contributed by atoms with E-state index < -0.39 is 129 Å². The molecule has 0 aliphatic carbocycles. The Balaban J connectivity index is 1.52. The van der Waals surface area contributed by atoms with Crippen molar-refractivity contribution in [2.24, 2.45) is 0 Å². The quantitative estimate of drug-likeness (QED) is 0.0990. The Bertz CT molecular complexity index is 3450. The third kappa shape index (κ3) is 12.1. The van der Waals surface area contributed by atoms with Crippen LogP contribution in [-0.4, -0.2) is 106 Å². The van der Waals surface area contributed by atoms with E-state index in [1.54, 1.807) is 36.4 Å². The molecule has 0 radical (unpaired) electrons. The lowest BCUT2D eigenvalue weighted by molar-refractivity contribution is 0.254. The van der Waals surface area contributed by atoms with Gasteiger partial charge >= 0.3 is 0 Å². The molecule has 0 fully saturated rings. The summed E-state index contributed by atoms with van der Waals surface area (Å²) < 4.78 is 174. The summed E-state index contributed by atoms with van der Waals surface area (Å²) in [5.74, 6) is 0. The molecule has 386 valence electrons. The minimum Gasteiger partial charge on any atom is -0.299 e. The summed E-state index contributed by atoms with van der Waals surface area (Å²) >= 11 is 0. The van der Waals surface area contributed by atoms with Crippen LogP contribution in [0.5, 0.6) is 0 Å². The molecular formula is C48H36N10O12S6. The van der Waals surface area contributed by atoms with Crippen LogP contribution in [0, 0.1) is 68.0 Å². The Labute approximate surface area is 439 Å². The van der Waals surface area contributed by atoms with E-state index in [1.165, 1.54) is 0 Å². The Morgan fingerprint density at radius 2 is 0.368 bits per heavy atom. The highest BCUT2D eigenvalue weighted by molar-refractivity contribution is 8.05. The molecule has 6 aromatic carbocycles. The molecule has 0 unspecified atom stereocenters. The molecule has 6 aromatic rings. The highest BCUT2D eigenvalue weighted by Gasteiger charge is 2.41. The van der Waals surface area contributed by atoms with Crippen LogP contribution in [0.2, 0.25) is 0 Å². The summed E-state index contributed by atoms with van der Waals surface area (Å²) in [5.41, 5.74) is -0.0857. The van der Waals surface area contributed by atoms with Gasteiger partial charge < -0.3 is 0 Å². The fraction of sp³-hybridized carbons (Fsp3) is 0.125. The van der Waals surface area contributed by atoms with E-state index in [2.05, 4.69) is 0 Å². The van der Waals surface area contributed by atoms with E-state index >= 15 is 0 Å². The molecule has 0 aromatic heterocycles. The second kappa shape index (κ2) is 23.1. The predicted octanol–water partition coefficient (Wildman–Crippen LogP) is 3.76. The minimum atomic E-state index is -5.22. The first kappa shape index (κ1) is 57.1. The van der Waals surface area contributed by atoms with Crippen molar-refractivity contribution in [2.45, 2.75) is 29.4 Å². The van der Waals surface area contributed by atoms with Crippen molar-refractivity contribution in [3.8, 4) is 36.4 Å². The number of sulfonamides is 6. The van der Waals surface area contributed by atoms with Gasteiger partial charge in [-0.25, -0.2) is 50.5 Å². The molecule has 76 heavy (non-hydrogen) atoms. The number of nitrogens with zero attached hydrogens (tertiary/aromatic N) is 10. The van der Waals surface area contributed by atoms with Crippen molar-refractivity contribution in [1.29, 1.82) is 31.6 Å². The third-order valence-electron chi connectivity index (χ3n) is 11.1. The normalized spacial score (nSPS) is 12.2. The van der Waals surface area contributed by atoms with Crippen LogP contribution in [0.4, 0.5) is 0 Å². The maximum absolute atomic E-state index is 14.5. The van der Waals surface area contributed by atoms with Gasteiger partial charge in [0.2, 0.25) is 0 Å². The summed E-state index contributed by atoms with van der Waals surface area (Å²) in [6.07, 6.45) is 0. The Kier molecular flexibility index (Phi) is 17.4. The van der Waals surface area contributed by atoms with Crippen LogP contribution in [0.3, 0.4) is 0 Å². The zero-order chi connectivity index (χ0) is 55.7. The Hall–Kier alpha value is -8.20. The SMILES string of the molecule is N#Cc1ccc(S(=O)(=O)N(CCN(CCN(S(=O)(=O)c2ccc(C#N)cc2)S(=O)(=O)c2ccc(C#N)cc2)CCN(S(=O)(=O)c2ccc(C#N)cc2)S(=O)(=O)c2ccc(C#N)cc2)S(=O)(=O)c2ccc(C#N)cc2)cc1. The maximum atomic E-state index is 14.5. The van der Waals surface area contributed by atoms with Gasteiger partial charge in [0.05, 0.1) is 99.2 Å². The van der Waals surface area contributed by atoms with E-state index in [1.807, 2.05) is 0 Å². The highest BCUT2D eigenvalue weighted by Crippen LogP contribution is 2.29.